The third kappa shape index (κ3) is 3.60. The molecule has 0 aromatic heterocycles. The molecule has 4 nitrogen and oxygen atoms in total. The Morgan fingerprint density at radius 1 is 0.969 bits per heavy atom. The van der Waals surface area contributed by atoms with Gasteiger partial charge in [-0.25, -0.2) is 0 Å². The molecule has 0 N–H and O–H groups in total. The van der Waals surface area contributed by atoms with E-state index < -0.39 is 11.7 Å². The maximum Gasteiger partial charge on any atom is 0.586 e. The van der Waals surface area contributed by atoms with E-state index in [9.17, 15) is 13.6 Å². The summed E-state index contributed by atoms with van der Waals surface area (Å²) in [6, 6.07) is 18.5. The van der Waals surface area contributed by atoms with Gasteiger partial charge in [0.1, 0.15) is 11.5 Å². The molecule has 5 rings (SSSR count). The van der Waals surface area contributed by atoms with Gasteiger partial charge in [-0.1, -0.05) is 36.4 Å². The minimum atomic E-state index is -3.66. The first-order valence-corrected chi connectivity index (χ1v) is 10.5. The lowest BCUT2D eigenvalue weighted by Gasteiger charge is -2.16. The standard InChI is InChI=1S/C26H22F2O4/c1-16-13-17(3-9-21(16)18-4-7-20(30-2)8-5-18)14-24(29)25(11-12-25)19-6-10-22-23(15-19)32-26(27,28)31-22/h3-10,13,15H,11-12,14H2,1-2H3. The van der Waals surface area contributed by atoms with Crippen molar-refractivity contribution in [3.05, 3.63) is 77.4 Å². The van der Waals surface area contributed by atoms with Crippen LogP contribution in [0.15, 0.2) is 60.7 Å². The Morgan fingerprint density at radius 2 is 1.69 bits per heavy atom. The average Bonchev–Trinajstić information content (AvgIpc) is 3.51. The van der Waals surface area contributed by atoms with Gasteiger partial charge in [0.2, 0.25) is 0 Å². The van der Waals surface area contributed by atoms with E-state index in [0.29, 0.717) is 18.4 Å². The number of methoxy groups -OCH3 is 1. The van der Waals surface area contributed by atoms with Gasteiger partial charge in [-0.3, -0.25) is 4.79 Å². The van der Waals surface area contributed by atoms with E-state index in [2.05, 4.69) is 9.47 Å². The van der Waals surface area contributed by atoms with E-state index in [1.54, 1.807) is 13.2 Å². The zero-order chi connectivity index (χ0) is 22.5. The summed E-state index contributed by atoms with van der Waals surface area (Å²) >= 11 is 0. The number of halogens is 2. The summed E-state index contributed by atoms with van der Waals surface area (Å²) in [6.07, 6.45) is -1.98. The van der Waals surface area contributed by atoms with Gasteiger partial charge in [0.25, 0.3) is 0 Å². The molecule has 0 saturated heterocycles. The van der Waals surface area contributed by atoms with Gasteiger partial charge in [-0.2, -0.15) is 0 Å². The van der Waals surface area contributed by atoms with Crippen LogP contribution in [0.25, 0.3) is 11.1 Å². The molecule has 1 heterocycles. The van der Waals surface area contributed by atoms with Crippen LogP contribution in [-0.2, 0) is 16.6 Å². The first-order chi connectivity index (χ1) is 15.3. The molecule has 1 saturated carbocycles. The highest BCUT2D eigenvalue weighted by Gasteiger charge is 2.52. The number of ether oxygens (including phenoxy) is 3. The third-order valence-electron chi connectivity index (χ3n) is 6.29. The van der Waals surface area contributed by atoms with Crippen molar-refractivity contribution >= 4 is 5.78 Å². The third-order valence-corrected chi connectivity index (χ3v) is 6.29. The molecule has 1 aliphatic carbocycles. The smallest absolute Gasteiger partial charge is 0.497 e. The molecule has 1 aliphatic heterocycles. The Kier molecular flexibility index (Phi) is 4.69. The molecule has 6 heteroatoms. The van der Waals surface area contributed by atoms with Crippen LogP contribution < -0.4 is 14.2 Å². The average molecular weight is 436 g/mol. The number of fused-ring (bicyclic) bond motifs is 1. The number of alkyl halides is 2. The predicted molar refractivity (Wildman–Crippen MR) is 115 cm³/mol. The van der Waals surface area contributed by atoms with Gasteiger partial charge in [-0.05, 0) is 71.8 Å². The zero-order valence-corrected chi connectivity index (χ0v) is 17.8. The first kappa shape index (κ1) is 20.5. The fourth-order valence-corrected chi connectivity index (χ4v) is 4.38. The van der Waals surface area contributed by atoms with Crippen molar-refractivity contribution in [2.24, 2.45) is 0 Å². The number of benzene rings is 3. The molecule has 0 atom stereocenters. The Labute approximate surface area is 184 Å². The molecule has 0 spiro atoms. The number of Topliss-reactive ketones (excluding diaryl/α,β-unsaturated/α-hetero) is 1. The summed E-state index contributed by atoms with van der Waals surface area (Å²) in [5, 5.41) is 0. The Balaban J connectivity index is 1.34. The molecule has 1 fully saturated rings. The summed E-state index contributed by atoms with van der Waals surface area (Å²) in [5.74, 6) is 0.855. The molecule has 3 aromatic rings. The fraction of sp³-hybridized carbons (Fsp3) is 0.269. The highest BCUT2D eigenvalue weighted by Crippen LogP contribution is 2.52. The lowest BCUT2D eigenvalue weighted by atomic mass is 9.87. The molecule has 0 radical (unpaired) electrons. The molecular formula is C26H22F2O4. The Hall–Kier alpha value is -3.41. The van der Waals surface area contributed by atoms with Crippen LogP contribution in [0, 0.1) is 6.92 Å². The van der Waals surface area contributed by atoms with Gasteiger partial charge in [-0.15, -0.1) is 8.78 Å². The molecule has 0 bridgehead atoms. The quantitative estimate of drug-likeness (QED) is 0.487. The van der Waals surface area contributed by atoms with Crippen LogP contribution in [-0.4, -0.2) is 19.2 Å². The number of hydrogen-bond acceptors (Lipinski definition) is 4. The van der Waals surface area contributed by atoms with Crippen molar-refractivity contribution in [3.8, 4) is 28.4 Å². The first-order valence-electron chi connectivity index (χ1n) is 10.5. The van der Waals surface area contributed by atoms with Crippen molar-refractivity contribution in [2.45, 2.75) is 37.9 Å². The predicted octanol–water partition coefficient (Wildman–Crippen LogP) is 5.84. The summed E-state index contributed by atoms with van der Waals surface area (Å²) < 4.78 is 40.9. The second-order valence-corrected chi connectivity index (χ2v) is 8.39. The van der Waals surface area contributed by atoms with Gasteiger partial charge in [0.15, 0.2) is 11.5 Å². The summed E-state index contributed by atoms with van der Waals surface area (Å²) in [7, 11) is 1.64. The number of aryl methyl sites for hydroxylation is 1. The van der Waals surface area contributed by atoms with E-state index in [1.165, 1.54) is 12.1 Å². The Bertz CT molecular complexity index is 1200. The van der Waals surface area contributed by atoms with Crippen molar-refractivity contribution in [3.63, 3.8) is 0 Å². The number of hydrogen-bond donors (Lipinski definition) is 0. The van der Waals surface area contributed by atoms with E-state index in [-0.39, 0.29) is 23.7 Å². The summed E-state index contributed by atoms with van der Waals surface area (Å²) in [5.41, 5.74) is 4.26. The minimum Gasteiger partial charge on any atom is -0.497 e. The van der Waals surface area contributed by atoms with Crippen LogP contribution in [0.1, 0.15) is 29.5 Å². The molecule has 0 amide bonds. The lowest BCUT2D eigenvalue weighted by molar-refractivity contribution is -0.286. The highest BCUT2D eigenvalue weighted by molar-refractivity contribution is 5.95. The molecule has 3 aromatic carbocycles. The fourth-order valence-electron chi connectivity index (χ4n) is 4.38. The van der Waals surface area contributed by atoms with Crippen molar-refractivity contribution < 1.29 is 27.8 Å². The van der Waals surface area contributed by atoms with Crippen molar-refractivity contribution in [2.75, 3.05) is 7.11 Å². The SMILES string of the molecule is COc1ccc(-c2ccc(CC(=O)C3(c4ccc5c(c4)OC(F)(F)O5)CC3)cc2C)cc1. The van der Waals surface area contributed by atoms with E-state index >= 15 is 0 Å². The second-order valence-electron chi connectivity index (χ2n) is 8.39. The van der Waals surface area contributed by atoms with Gasteiger partial charge < -0.3 is 14.2 Å². The van der Waals surface area contributed by atoms with E-state index in [4.69, 9.17) is 4.74 Å². The maximum atomic E-state index is 13.3. The van der Waals surface area contributed by atoms with Crippen LogP contribution in [0.3, 0.4) is 0 Å². The van der Waals surface area contributed by atoms with Gasteiger partial charge in [0, 0.05) is 6.42 Å². The molecule has 0 unspecified atom stereocenters. The van der Waals surface area contributed by atoms with Crippen LogP contribution >= 0.6 is 0 Å². The summed E-state index contributed by atoms with van der Waals surface area (Å²) in [6.45, 7) is 2.03. The monoisotopic (exact) mass is 436 g/mol. The van der Waals surface area contributed by atoms with E-state index in [0.717, 1.165) is 28.0 Å². The normalized spacial score (nSPS) is 17.1. The highest BCUT2D eigenvalue weighted by atomic mass is 19.3. The van der Waals surface area contributed by atoms with Gasteiger partial charge in [0.05, 0.1) is 12.5 Å². The number of carbonyl (C=O) groups is 1. The molecule has 164 valence electrons. The molecule has 32 heavy (non-hydrogen) atoms. The minimum absolute atomic E-state index is 0.00764. The number of ketones is 1. The number of rotatable bonds is 6. The lowest BCUT2D eigenvalue weighted by Crippen LogP contribution is -2.26. The molecular weight excluding hydrogens is 414 g/mol. The van der Waals surface area contributed by atoms with Crippen LogP contribution in [0.5, 0.6) is 17.2 Å². The van der Waals surface area contributed by atoms with Gasteiger partial charge >= 0.3 is 6.29 Å². The topological polar surface area (TPSA) is 44.8 Å². The Morgan fingerprint density at radius 3 is 2.34 bits per heavy atom. The summed E-state index contributed by atoms with van der Waals surface area (Å²) in [4.78, 5) is 13.2. The largest absolute Gasteiger partial charge is 0.586 e. The second kappa shape index (κ2) is 7.33. The van der Waals surface area contributed by atoms with Crippen molar-refractivity contribution in [1.82, 2.24) is 0 Å². The van der Waals surface area contributed by atoms with E-state index in [1.807, 2.05) is 49.4 Å². The van der Waals surface area contributed by atoms with Crippen LogP contribution in [0.2, 0.25) is 0 Å². The molecule has 2 aliphatic rings. The van der Waals surface area contributed by atoms with Crippen LogP contribution in [0.4, 0.5) is 8.78 Å². The maximum absolute atomic E-state index is 13.3. The number of carbonyl (C=O) groups excluding carboxylic acids is 1. The zero-order valence-electron chi connectivity index (χ0n) is 17.8. The van der Waals surface area contributed by atoms with Crippen molar-refractivity contribution in [1.29, 1.82) is 0 Å².